The van der Waals surface area contributed by atoms with E-state index in [4.69, 9.17) is 4.74 Å². The van der Waals surface area contributed by atoms with Gasteiger partial charge in [0.25, 0.3) is 0 Å². The molecular formula is C22H21N3OS. The van der Waals surface area contributed by atoms with E-state index in [0.29, 0.717) is 0 Å². The molecule has 0 atom stereocenters. The summed E-state index contributed by atoms with van der Waals surface area (Å²) in [5.41, 5.74) is 2.33. The number of aromatic nitrogens is 3. The molecule has 4 aromatic rings. The maximum absolute atomic E-state index is 5.34. The van der Waals surface area contributed by atoms with E-state index in [9.17, 15) is 0 Å². The third-order valence-corrected chi connectivity index (χ3v) is 5.61. The molecule has 0 amide bonds. The summed E-state index contributed by atoms with van der Waals surface area (Å²) in [4.78, 5) is 0. The Kier molecular flexibility index (Phi) is 5.12. The molecule has 4 nitrogen and oxygen atoms in total. The van der Waals surface area contributed by atoms with Crippen LogP contribution in [0.1, 0.15) is 12.5 Å². The Labute approximate surface area is 163 Å². The Hall–Kier alpha value is -2.79. The van der Waals surface area contributed by atoms with Crippen LogP contribution in [0.25, 0.3) is 22.2 Å². The molecule has 0 saturated heterocycles. The number of ether oxygens (including phenoxy) is 1. The minimum absolute atomic E-state index is 0.817. The summed E-state index contributed by atoms with van der Waals surface area (Å²) in [6, 6.07) is 22.9. The molecule has 0 unspecified atom stereocenters. The molecule has 1 heterocycles. The van der Waals surface area contributed by atoms with E-state index < -0.39 is 0 Å². The average molecular weight is 375 g/mol. The van der Waals surface area contributed by atoms with Crippen molar-refractivity contribution >= 4 is 22.5 Å². The normalized spacial score (nSPS) is 11.0. The highest BCUT2D eigenvalue weighted by molar-refractivity contribution is 7.98. The number of nitrogens with zero attached hydrogens (tertiary/aromatic N) is 3. The van der Waals surface area contributed by atoms with E-state index in [1.54, 1.807) is 18.9 Å². The van der Waals surface area contributed by atoms with Gasteiger partial charge in [0.05, 0.1) is 7.11 Å². The molecule has 0 aliphatic carbocycles. The lowest BCUT2D eigenvalue weighted by atomic mass is 10.1. The summed E-state index contributed by atoms with van der Waals surface area (Å²) in [6.07, 6.45) is 0. The van der Waals surface area contributed by atoms with E-state index in [1.807, 2.05) is 24.3 Å². The molecule has 27 heavy (non-hydrogen) atoms. The highest BCUT2D eigenvalue weighted by Crippen LogP contribution is 2.30. The van der Waals surface area contributed by atoms with Crippen molar-refractivity contribution in [3.05, 3.63) is 72.3 Å². The molecular weight excluding hydrogens is 354 g/mol. The van der Waals surface area contributed by atoms with Gasteiger partial charge in [0.2, 0.25) is 0 Å². The van der Waals surface area contributed by atoms with Gasteiger partial charge in [-0.25, -0.2) is 0 Å². The van der Waals surface area contributed by atoms with E-state index in [0.717, 1.165) is 34.6 Å². The van der Waals surface area contributed by atoms with E-state index in [2.05, 4.69) is 64.2 Å². The monoisotopic (exact) mass is 375 g/mol. The fourth-order valence-electron chi connectivity index (χ4n) is 3.22. The molecule has 5 heteroatoms. The molecule has 1 aromatic heterocycles. The third-order valence-electron chi connectivity index (χ3n) is 4.60. The Morgan fingerprint density at radius 3 is 2.63 bits per heavy atom. The minimum Gasteiger partial charge on any atom is -0.497 e. The second kappa shape index (κ2) is 7.84. The summed E-state index contributed by atoms with van der Waals surface area (Å²) in [5.74, 6) is 2.55. The Bertz CT molecular complexity index is 1070. The topological polar surface area (TPSA) is 39.9 Å². The van der Waals surface area contributed by atoms with Gasteiger partial charge in [-0.2, -0.15) is 0 Å². The van der Waals surface area contributed by atoms with Crippen LogP contribution in [0, 0.1) is 0 Å². The van der Waals surface area contributed by atoms with Gasteiger partial charge in [0, 0.05) is 17.9 Å². The SMILES string of the molecule is CCn1c(SCc2cccc3ccccc23)nnc1-c1cccc(OC)c1. The number of hydrogen-bond acceptors (Lipinski definition) is 4. The van der Waals surface area contributed by atoms with Crippen LogP contribution in [0.3, 0.4) is 0 Å². The van der Waals surface area contributed by atoms with Crippen molar-refractivity contribution in [2.45, 2.75) is 24.4 Å². The van der Waals surface area contributed by atoms with Gasteiger partial charge < -0.3 is 9.30 Å². The molecule has 4 rings (SSSR count). The highest BCUT2D eigenvalue weighted by Gasteiger charge is 2.14. The van der Waals surface area contributed by atoms with Crippen LogP contribution in [-0.2, 0) is 12.3 Å². The molecule has 0 saturated carbocycles. The first kappa shape index (κ1) is 17.6. The number of methoxy groups -OCH3 is 1. The van der Waals surface area contributed by atoms with Crippen molar-refractivity contribution in [2.75, 3.05) is 7.11 Å². The molecule has 0 aliphatic rings. The van der Waals surface area contributed by atoms with Gasteiger partial charge in [0.1, 0.15) is 5.75 Å². The van der Waals surface area contributed by atoms with E-state index in [-0.39, 0.29) is 0 Å². The third kappa shape index (κ3) is 3.55. The molecule has 136 valence electrons. The van der Waals surface area contributed by atoms with Crippen LogP contribution in [0.2, 0.25) is 0 Å². The van der Waals surface area contributed by atoms with Gasteiger partial charge in [-0.05, 0) is 35.4 Å². The van der Waals surface area contributed by atoms with E-state index in [1.165, 1.54) is 16.3 Å². The van der Waals surface area contributed by atoms with Gasteiger partial charge in [-0.15, -0.1) is 10.2 Å². The fraction of sp³-hybridized carbons (Fsp3) is 0.182. The zero-order valence-corrected chi connectivity index (χ0v) is 16.2. The zero-order chi connectivity index (χ0) is 18.6. The maximum atomic E-state index is 5.34. The summed E-state index contributed by atoms with van der Waals surface area (Å²) >= 11 is 1.72. The molecule has 0 aliphatic heterocycles. The first-order valence-electron chi connectivity index (χ1n) is 8.97. The van der Waals surface area contributed by atoms with Crippen LogP contribution < -0.4 is 4.74 Å². The van der Waals surface area contributed by atoms with Gasteiger partial charge >= 0.3 is 0 Å². The van der Waals surface area contributed by atoms with Gasteiger partial charge in [-0.3, -0.25) is 0 Å². The summed E-state index contributed by atoms with van der Waals surface area (Å²) in [5, 5.41) is 12.4. The summed E-state index contributed by atoms with van der Waals surface area (Å²) in [7, 11) is 1.68. The predicted molar refractivity (Wildman–Crippen MR) is 111 cm³/mol. The molecule has 0 fully saturated rings. The Balaban J connectivity index is 1.62. The minimum atomic E-state index is 0.817. The standard InChI is InChI=1S/C22H21N3OS/c1-3-25-21(17-10-7-12-19(14-17)26-2)23-24-22(25)27-15-18-11-6-9-16-8-4-5-13-20(16)18/h4-14H,3,15H2,1-2H3. The van der Waals surface area contributed by atoms with Crippen molar-refractivity contribution in [1.82, 2.24) is 14.8 Å². The lowest BCUT2D eigenvalue weighted by molar-refractivity contribution is 0.415. The summed E-state index contributed by atoms with van der Waals surface area (Å²) < 4.78 is 7.50. The number of hydrogen-bond donors (Lipinski definition) is 0. The maximum Gasteiger partial charge on any atom is 0.191 e. The second-order valence-corrected chi connectivity index (χ2v) is 7.15. The molecule has 0 bridgehead atoms. The zero-order valence-electron chi connectivity index (χ0n) is 15.4. The molecule has 0 spiro atoms. The molecule has 3 aromatic carbocycles. The largest absolute Gasteiger partial charge is 0.497 e. The Morgan fingerprint density at radius 1 is 0.963 bits per heavy atom. The Morgan fingerprint density at radius 2 is 1.78 bits per heavy atom. The first-order chi connectivity index (χ1) is 13.3. The van der Waals surface area contributed by atoms with Crippen LogP contribution >= 0.6 is 11.8 Å². The first-order valence-corrected chi connectivity index (χ1v) is 9.95. The van der Waals surface area contributed by atoms with Crippen LogP contribution in [0.15, 0.2) is 71.9 Å². The van der Waals surface area contributed by atoms with Gasteiger partial charge in [0.15, 0.2) is 11.0 Å². The average Bonchev–Trinajstić information content (AvgIpc) is 3.15. The van der Waals surface area contributed by atoms with Crippen molar-refractivity contribution in [3.63, 3.8) is 0 Å². The number of rotatable bonds is 6. The van der Waals surface area contributed by atoms with Crippen molar-refractivity contribution in [2.24, 2.45) is 0 Å². The van der Waals surface area contributed by atoms with Crippen molar-refractivity contribution < 1.29 is 4.74 Å². The molecule has 0 radical (unpaired) electrons. The lowest BCUT2D eigenvalue weighted by Crippen LogP contribution is -2.00. The van der Waals surface area contributed by atoms with Crippen LogP contribution in [0.5, 0.6) is 5.75 Å². The second-order valence-electron chi connectivity index (χ2n) is 6.21. The lowest BCUT2D eigenvalue weighted by Gasteiger charge is -2.09. The van der Waals surface area contributed by atoms with Crippen molar-refractivity contribution in [1.29, 1.82) is 0 Å². The van der Waals surface area contributed by atoms with Crippen LogP contribution in [0.4, 0.5) is 0 Å². The van der Waals surface area contributed by atoms with Gasteiger partial charge in [-0.1, -0.05) is 66.4 Å². The van der Waals surface area contributed by atoms with Crippen molar-refractivity contribution in [3.8, 4) is 17.1 Å². The smallest absolute Gasteiger partial charge is 0.191 e. The number of benzene rings is 3. The number of thioether (sulfide) groups is 1. The predicted octanol–water partition coefficient (Wildman–Crippen LogP) is 5.42. The van der Waals surface area contributed by atoms with E-state index >= 15 is 0 Å². The number of fused-ring (bicyclic) bond motifs is 1. The fourth-order valence-corrected chi connectivity index (χ4v) is 4.22. The summed E-state index contributed by atoms with van der Waals surface area (Å²) in [6.45, 7) is 2.94. The quantitative estimate of drug-likeness (QED) is 0.422. The highest BCUT2D eigenvalue weighted by atomic mass is 32.2. The van der Waals surface area contributed by atoms with Crippen LogP contribution in [-0.4, -0.2) is 21.9 Å². The molecule has 0 N–H and O–H groups in total.